The number of hydrogen-bond acceptors (Lipinski definition) is 3. The molecular weight excluding hydrogens is 338 g/mol. The van der Waals surface area contributed by atoms with Crippen LogP contribution in [-0.2, 0) is 9.47 Å². The van der Waals surface area contributed by atoms with Gasteiger partial charge in [0.05, 0.1) is 13.2 Å². The van der Waals surface area contributed by atoms with E-state index in [0.717, 1.165) is 47.8 Å². The molecule has 1 N–H and O–H groups in total. The molecule has 0 radical (unpaired) electrons. The minimum Gasteiger partial charge on any atom is -0.491 e. The molecule has 2 aromatic rings. The average molecular weight is 365 g/mol. The fourth-order valence-corrected chi connectivity index (χ4v) is 3.71. The van der Waals surface area contributed by atoms with Crippen LogP contribution in [0.1, 0.15) is 13.8 Å². The zero-order valence-corrected chi connectivity index (χ0v) is 15.7. The number of quaternary nitrogens is 1. The van der Waals surface area contributed by atoms with E-state index in [-0.39, 0.29) is 0 Å². The summed E-state index contributed by atoms with van der Waals surface area (Å²) < 4.78 is 17.4. The molecule has 1 fully saturated rings. The molecule has 0 bridgehead atoms. The van der Waals surface area contributed by atoms with Crippen molar-refractivity contribution >= 4 is 22.4 Å². The topological polar surface area (TPSA) is 32.1 Å². The summed E-state index contributed by atoms with van der Waals surface area (Å²) in [5.74, 6) is 0.852. The lowest BCUT2D eigenvalue weighted by Crippen LogP contribution is -3.15. The van der Waals surface area contributed by atoms with Crippen molar-refractivity contribution in [1.82, 2.24) is 0 Å². The highest BCUT2D eigenvalue weighted by Crippen LogP contribution is 2.31. The zero-order chi connectivity index (χ0) is 17.6. The molecule has 3 atom stereocenters. The maximum Gasteiger partial charge on any atom is 0.127 e. The molecule has 25 heavy (non-hydrogen) atoms. The Bertz CT molecular complexity index is 684. The van der Waals surface area contributed by atoms with Gasteiger partial charge in [0.1, 0.15) is 44.2 Å². The molecule has 3 rings (SSSR count). The number of fused-ring (bicyclic) bond motifs is 1. The zero-order valence-electron chi connectivity index (χ0n) is 15.0. The van der Waals surface area contributed by atoms with Crippen LogP contribution in [0.15, 0.2) is 36.4 Å². The Hall–Kier alpha value is -1.33. The van der Waals surface area contributed by atoms with E-state index in [1.165, 1.54) is 0 Å². The number of nitrogens with one attached hydrogen (secondary N) is 1. The quantitative estimate of drug-likeness (QED) is 0.766. The van der Waals surface area contributed by atoms with Crippen LogP contribution in [-0.4, -0.2) is 51.7 Å². The highest BCUT2D eigenvalue weighted by molar-refractivity contribution is 6.35. The molecule has 1 saturated heterocycles. The largest absolute Gasteiger partial charge is 0.491 e. The van der Waals surface area contributed by atoms with Gasteiger partial charge in [-0.15, -0.1) is 0 Å². The van der Waals surface area contributed by atoms with Gasteiger partial charge in [0.2, 0.25) is 0 Å². The summed E-state index contributed by atoms with van der Waals surface area (Å²) in [5.41, 5.74) is 0. The standard InChI is InChI=1S/C20H26ClNO3/c1-15-13-22(14-16(2)25-15)9-10-23-11-12-24-20-8-7-19(21)17-5-3-4-6-18(17)20/h3-8,15-16H,9-14H2,1-2H3/p+1/t15-,16+. The second kappa shape index (κ2) is 8.86. The number of morpholine rings is 1. The van der Waals surface area contributed by atoms with Crippen LogP contribution in [0.4, 0.5) is 0 Å². The fourth-order valence-electron chi connectivity index (χ4n) is 3.48. The van der Waals surface area contributed by atoms with Crippen LogP contribution in [0.3, 0.4) is 0 Å². The Morgan fingerprint density at radius 2 is 1.72 bits per heavy atom. The number of benzene rings is 2. The first-order chi connectivity index (χ1) is 12.1. The Morgan fingerprint density at radius 1 is 1.00 bits per heavy atom. The molecule has 1 heterocycles. The van der Waals surface area contributed by atoms with E-state index in [9.17, 15) is 0 Å². The summed E-state index contributed by atoms with van der Waals surface area (Å²) >= 11 is 6.23. The highest BCUT2D eigenvalue weighted by Gasteiger charge is 2.24. The van der Waals surface area contributed by atoms with Gasteiger partial charge in [-0.1, -0.05) is 35.9 Å². The summed E-state index contributed by atoms with van der Waals surface area (Å²) in [4.78, 5) is 1.55. The lowest BCUT2D eigenvalue weighted by Gasteiger charge is -2.32. The van der Waals surface area contributed by atoms with Gasteiger partial charge in [0.25, 0.3) is 0 Å². The Morgan fingerprint density at radius 3 is 2.48 bits per heavy atom. The minimum absolute atomic E-state index is 0.334. The van der Waals surface area contributed by atoms with Gasteiger partial charge in [-0.2, -0.15) is 0 Å². The Labute approximate surface area is 154 Å². The normalized spacial score (nSPS) is 23.7. The van der Waals surface area contributed by atoms with E-state index < -0.39 is 0 Å². The van der Waals surface area contributed by atoms with Crippen molar-refractivity contribution in [1.29, 1.82) is 0 Å². The monoisotopic (exact) mass is 364 g/mol. The molecule has 0 amide bonds. The summed E-state index contributed by atoms with van der Waals surface area (Å²) in [6, 6.07) is 11.8. The molecule has 0 saturated carbocycles. The van der Waals surface area contributed by atoms with Crippen LogP contribution in [0.2, 0.25) is 5.02 Å². The maximum atomic E-state index is 6.23. The van der Waals surface area contributed by atoms with Crippen molar-refractivity contribution in [2.24, 2.45) is 0 Å². The third-order valence-corrected chi connectivity index (χ3v) is 4.86. The van der Waals surface area contributed by atoms with Crippen molar-refractivity contribution in [2.75, 3.05) is 39.5 Å². The minimum atomic E-state index is 0.334. The first kappa shape index (κ1) is 18.5. The SMILES string of the molecule is C[C@@H]1C[NH+](CCOCCOc2ccc(Cl)c3ccccc23)C[C@H](C)O1. The first-order valence-electron chi connectivity index (χ1n) is 9.00. The van der Waals surface area contributed by atoms with E-state index in [0.29, 0.717) is 25.4 Å². The smallest absolute Gasteiger partial charge is 0.127 e. The molecule has 4 nitrogen and oxygen atoms in total. The second-order valence-corrected chi connectivity index (χ2v) is 7.12. The van der Waals surface area contributed by atoms with Gasteiger partial charge in [-0.05, 0) is 26.0 Å². The lowest BCUT2D eigenvalue weighted by atomic mass is 10.1. The van der Waals surface area contributed by atoms with Crippen LogP contribution in [0.5, 0.6) is 5.75 Å². The predicted octanol–water partition coefficient (Wildman–Crippen LogP) is 2.58. The molecule has 1 aliphatic heterocycles. The summed E-state index contributed by atoms with van der Waals surface area (Å²) in [6.07, 6.45) is 0.667. The molecule has 1 aliphatic rings. The average Bonchev–Trinajstić information content (AvgIpc) is 2.59. The van der Waals surface area contributed by atoms with Gasteiger partial charge in [-0.3, -0.25) is 0 Å². The van der Waals surface area contributed by atoms with E-state index in [1.54, 1.807) is 4.90 Å². The second-order valence-electron chi connectivity index (χ2n) is 6.72. The third-order valence-electron chi connectivity index (χ3n) is 4.53. The number of halogens is 1. The predicted molar refractivity (Wildman–Crippen MR) is 101 cm³/mol. The van der Waals surface area contributed by atoms with E-state index in [2.05, 4.69) is 13.8 Å². The summed E-state index contributed by atoms with van der Waals surface area (Å²) in [7, 11) is 0. The van der Waals surface area contributed by atoms with Gasteiger partial charge in [-0.25, -0.2) is 0 Å². The van der Waals surface area contributed by atoms with Gasteiger partial charge in [0, 0.05) is 15.8 Å². The van der Waals surface area contributed by atoms with Crippen LogP contribution < -0.4 is 9.64 Å². The summed E-state index contributed by atoms with van der Waals surface area (Å²) in [6.45, 7) is 9.29. The van der Waals surface area contributed by atoms with Crippen molar-refractivity contribution in [3.05, 3.63) is 41.4 Å². The van der Waals surface area contributed by atoms with Crippen molar-refractivity contribution in [3.8, 4) is 5.75 Å². The number of ether oxygens (including phenoxy) is 3. The molecule has 0 spiro atoms. The number of hydrogen-bond donors (Lipinski definition) is 1. The summed E-state index contributed by atoms with van der Waals surface area (Å²) in [5, 5.41) is 2.80. The van der Waals surface area contributed by atoms with Crippen molar-refractivity contribution in [2.45, 2.75) is 26.1 Å². The first-order valence-corrected chi connectivity index (χ1v) is 9.38. The molecule has 2 aromatic carbocycles. The van der Waals surface area contributed by atoms with Crippen molar-refractivity contribution < 1.29 is 19.1 Å². The molecular formula is C20H27ClNO3+. The molecule has 1 unspecified atom stereocenters. The van der Waals surface area contributed by atoms with Crippen LogP contribution >= 0.6 is 11.6 Å². The third kappa shape index (κ3) is 5.08. The van der Waals surface area contributed by atoms with Gasteiger partial charge in [0.15, 0.2) is 0 Å². The Balaban J connectivity index is 1.40. The highest BCUT2D eigenvalue weighted by atomic mass is 35.5. The Kier molecular flexibility index (Phi) is 6.54. The van der Waals surface area contributed by atoms with Gasteiger partial charge >= 0.3 is 0 Å². The molecule has 136 valence electrons. The maximum absolute atomic E-state index is 6.23. The van der Waals surface area contributed by atoms with Gasteiger partial charge < -0.3 is 19.1 Å². The van der Waals surface area contributed by atoms with Crippen LogP contribution in [0.25, 0.3) is 10.8 Å². The van der Waals surface area contributed by atoms with E-state index in [1.807, 2.05) is 36.4 Å². The molecule has 5 heteroatoms. The number of rotatable bonds is 7. The van der Waals surface area contributed by atoms with E-state index >= 15 is 0 Å². The van der Waals surface area contributed by atoms with E-state index in [4.69, 9.17) is 25.8 Å². The van der Waals surface area contributed by atoms with Crippen LogP contribution in [0, 0.1) is 0 Å². The fraction of sp³-hybridized carbons (Fsp3) is 0.500. The molecule has 0 aromatic heterocycles. The lowest BCUT2D eigenvalue weighted by molar-refractivity contribution is -0.915. The van der Waals surface area contributed by atoms with Crippen molar-refractivity contribution in [3.63, 3.8) is 0 Å². The molecule has 0 aliphatic carbocycles.